The van der Waals surface area contributed by atoms with Gasteiger partial charge in [-0.05, 0) is 25.8 Å². The van der Waals surface area contributed by atoms with Crippen LogP contribution in [0.4, 0.5) is 0 Å². The molecular formula is C11H21NO3. The third kappa shape index (κ3) is 4.62. The Bertz CT molecular complexity index is 192. The van der Waals surface area contributed by atoms with Crippen LogP contribution >= 0.6 is 0 Å². The number of nitrogens with one attached hydrogen (secondary N) is 1. The van der Waals surface area contributed by atoms with E-state index >= 15 is 0 Å². The average Bonchev–Trinajstić information content (AvgIpc) is 2.13. The summed E-state index contributed by atoms with van der Waals surface area (Å²) in [5.74, 6) is 0.0599. The standard InChI is InChI=1S/C11H21NO3/c1-12-10(11(13)14)6-8-15-7-5-9-3-2-4-9/h9-10,12H,2-8H2,1H3,(H,13,14). The van der Waals surface area contributed by atoms with E-state index in [1.165, 1.54) is 19.3 Å². The molecule has 1 rings (SSSR count). The van der Waals surface area contributed by atoms with Gasteiger partial charge in [0, 0.05) is 13.2 Å². The largest absolute Gasteiger partial charge is 0.480 e. The van der Waals surface area contributed by atoms with Gasteiger partial charge in [0.25, 0.3) is 0 Å². The first-order valence-electron chi connectivity index (χ1n) is 5.72. The second-order valence-corrected chi connectivity index (χ2v) is 4.17. The van der Waals surface area contributed by atoms with E-state index in [0.717, 1.165) is 18.9 Å². The van der Waals surface area contributed by atoms with Crippen molar-refractivity contribution in [2.45, 2.75) is 38.1 Å². The van der Waals surface area contributed by atoms with Gasteiger partial charge in [0.1, 0.15) is 6.04 Å². The lowest BCUT2D eigenvalue weighted by molar-refractivity contribution is -0.139. The predicted molar refractivity (Wildman–Crippen MR) is 57.9 cm³/mol. The molecule has 0 aromatic heterocycles. The van der Waals surface area contributed by atoms with Crippen LogP contribution in [0.3, 0.4) is 0 Å². The molecule has 88 valence electrons. The fraction of sp³-hybridized carbons (Fsp3) is 0.909. The maximum absolute atomic E-state index is 10.6. The van der Waals surface area contributed by atoms with Gasteiger partial charge in [-0.15, -0.1) is 0 Å². The summed E-state index contributed by atoms with van der Waals surface area (Å²) in [4.78, 5) is 10.6. The lowest BCUT2D eigenvalue weighted by Crippen LogP contribution is -2.34. The normalized spacial score (nSPS) is 18.5. The van der Waals surface area contributed by atoms with Crippen LogP contribution in [0.25, 0.3) is 0 Å². The molecular weight excluding hydrogens is 194 g/mol. The molecule has 1 unspecified atom stereocenters. The molecule has 1 aliphatic rings. The molecule has 0 bridgehead atoms. The van der Waals surface area contributed by atoms with Crippen molar-refractivity contribution in [2.24, 2.45) is 5.92 Å². The first kappa shape index (κ1) is 12.5. The Labute approximate surface area is 91.0 Å². The van der Waals surface area contributed by atoms with E-state index < -0.39 is 12.0 Å². The van der Waals surface area contributed by atoms with Crippen LogP contribution in [-0.2, 0) is 9.53 Å². The van der Waals surface area contributed by atoms with Crippen LogP contribution in [-0.4, -0.2) is 37.4 Å². The van der Waals surface area contributed by atoms with Crippen LogP contribution in [0, 0.1) is 5.92 Å². The number of carbonyl (C=O) groups is 1. The highest BCUT2D eigenvalue weighted by molar-refractivity contribution is 5.73. The fourth-order valence-corrected chi connectivity index (χ4v) is 1.73. The summed E-state index contributed by atoms with van der Waals surface area (Å²) >= 11 is 0. The van der Waals surface area contributed by atoms with E-state index in [2.05, 4.69) is 5.32 Å². The minimum absolute atomic E-state index is 0.478. The molecule has 0 aliphatic heterocycles. The fourth-order valence-electron chi connectivity index (χ4n) is 1.73. The van der Waals surface area contributed by atoms with Crippen molar-refractivity contribution in [1.29, 1.82) is 0 Å². The Morgan fingerprint density at radius 2 is 2.27 bits per heavy atom. The van der Waals surface area contributed by atoms with Crippen molar-refractivity contribution in [2.75, 3.05) is 20.3 Å². The monoisotopic (exact) mass is 215 g/mol. The molecule has 0 spiro atoms. The van der Waals surface area contributed by atoms with Crippen molar-refractivity contribution in [3.63, 3.8) is 0 Å². The van der Waals surface area contributed by atoms with Crippen LogP contribution in [0.1, 0.15) is 32.1 Å². The molecule has 0 aromatic rings. The number of rotatable bonds is 8. The van der Waals surface area contributed by atoms with E-state index in [-0.39, 0.29) is 0 Å². The SMILES string of the molecule is CNC(CCOCCC1CCC1)C(=O)O. The molecule has 0 saturated heterocycles. The molecule has 1 saturated carbocycles. The summed E-state index contributed by atoms with van der Waals surface area (Å²) in [6.07, 6.45) is 5.73. The predicted octanol–water partition coefficient (Wildman–Crippen LogP) is 1.26. The Kier molecular flexibility index (Phi) is 5.65. The summed E-state index contributed by atoms with van der Waals surface area (Å²) in [6.45, 7) is 1.31. The van der Waals surface area contributed by atoms with Gasteiger partial charge in [-0.3, -0.25) is 4.79 Å². The lowest BCUT2D eigenvalue weighted by Gasteiger charge is -2.24. The smallest absolute Gasteiger partial charge is 0.320 e. The van der Waals surface area contributed by atoms with E-state index in [1.807, 2.05) is 0 Å². The van der Waals surface area contributed by atoms with Crippen LogP contribution in [0.15, 0.2) is 0 Å². The molecule has 4 nitrogen and oxygen atoms in total. The van der Waals surface area contributed by atoms with Gasteiger partial charge in [-0.25, -0.2) is 0 Å². The number of likely N-dealkylation sites (N-methyl/N-ethyl adjacent to an activating group) is 1. The Morgan fingerprint density at radius 3 is 2.73 bits per heavy atom. The highest BCUT2D eigenvalue weighted by atomic mass is 16.5. The van der Waals surface area contributed by atoms with Gasteiger partial charge in [0.2, 0.25) is 0 Å². The highest BCUT2D eigenvalue weighted by Crippen LogP contribution is 2.29. The van der Waals surface area contributed by atoms with Gasteiger partial charge in [-0.1, -0.05) is 19.3 Å². The molecule has 4 heteroatoms. The maximum Gasteiger partial charge on any atom is 0.320 e. The van der Waals surface area contributed by atoms with Gasteiger partial charge in [0.15, 0.2) is 0 Å². The van der Waals surface area contributed by atoms with E-state index in [4.69, 9.17) is 9.84 Å². The quantitative estimate of drug-likeness (QED) is 0.598. The first-order valence-corrected chi connectivity index (χ1v) is 5.72. The second kappa shape index (κ2) is 6.80. The molecule has 1 atom stereocenters. The van der Waals surface area contributed by atoms with Crippen molar-refractivity contribution >= 4 is 5.97 Å². The Morgan fingerprint density at radius 1 is 1.53 bits per heavy atom. The van der Waals surface area contributed by atoms with Crippen molar-refractivity contribution < 1.29 is 14.6 Å². The third-order valence-electron chi connectivity index (χ3n) is 3.09. The average molecular weight is 215 g/mol. The first-order chi connectivity index (χ1) is 7.24. The molecule has 1 fully saturated rings. The molecule has 0 amide bonds. The molecule has 2 N–H and O–H groups in total. The van der Waals surface area contributed by atoms with Gasteiger partial charge < -0.3 is 15.2 Å². The van der Waals surface area contributed by atoms with E-state index in [0.29, 0.717) is 13.0 Å². The molecule has 0 heterocycles. The van der Waals surface area contributed by atoms with Gasteiger partial charge in [-0.2, -0.15) is 0 Å². The summed E-state index contributed by atoms with van der Waals surface area (Å²) in [5, 5.41) is 11.5. The summed E-state index contributed by atoms with van der Waals surface area (Å²) < 4.78 is 5.42. The summed E-state index contributed by atoms with van der Waals surface area (Å²) in [7, 11) is 1.66. The number of hydrogen-bond donors (Lipinski definition) is 2. The van der Waals surface area contributed by atoms with Gasteiger partial charge in [0.05, 0.1) is 0 Å². The number of carboxylic acids is 1. The van der Waals surface area contributed by atoms with E-state index in [1.54, 1.807) is 7.05 Å². The second-order valence-electron chi connectivity index (χ2n) is 4.17. The highest BCUT2D eigenvalue weighted by Gasteiger charge is 2.17. The lowest BCUT2D eigenvalue weighted by atomic mass is 9.83. The Hall–Kier alpha value is -0.610. The zero-order valence-corrected chi connectivity index (χ0v) is 9.37. The minimum Gasteiger partial charge on any atom is -0.480 e. The summed E-state index contributed by atoms with van der Waals surface area (Å²) in [6, 6.07) is -0.478. The number of carboxylic acid groups (broad SMARTS) is 1. The van der Waals surface area contributed by atoms with Gasteiger partial charge >= 0.3 is 5.97 Å². The molecule has 0 radical (unpaired) electrons. The van der Waals surface area contributed by atoms with Crippen molar-refractivity contribution in [1.82, 2.24) is 5.32 Å². The van der Waals surface area contributed by atoms with Crippen LogP contribution in [0.5, 0.6) is 0 Å². The number of aliphatic carboxylic acids is 1. The number of ether oxygens (including phenoxy) is 1. The summed E-state index contributed by atoms with van der Waals surface area (Å²) in [5.41, 5.74) is 0. The Balaban J connectivity index is 1.92. The zero-order valence-electron chi connectivity index (χ0n) is 9.37. The van der Waals surface area contributed by atoms with Crippen LogP contribution in [0.2, 0.25) is 0 Å². The van der Waals surface area contributed by atoms with Crippen molar-refractivity contribution in [3.8, 4) is 0 Å². The topological polar surface area (TPSA) is 58.6 Å². The molecule has 0 aromatic carbocycles. The van der Waals surface area contributed by atoms with Crippen molar-refractivity contribution in [3.05, 3.63) is 0 Å². The van der Waals surface area contributed by atoms with E-state index in [9.17, 15) is 4.79 Å². The molecule has 1 aliphatic carbocycles. The number of hydrogen-bond acceptors (Lipinski definition) is 3. The zero-order chi connectivity index (χ0) is 11.1. The third-order valence-corrected chi connectivity index (χ3v) is 3.09. The maximum atomic E-state index is 10.6. The minimum atomic E-state index is -0.805. The van der Waals surface area contributed by atoms with Crippen LogP contribution < -0.4 is 5.32 Å². The molecule has 15 heavy (non-hydrogen) atoms.